The maximum absolute atomic E-state index is 13.8. The number of amides is 1. The third-order valence-corrected chi connectivity index (χ3v) is 4.66. The SMILES string of the molecule is CC(N)C(C)C(=O)N1CCN(Cc2c(F)cccc2Cl)CC1. The lowest BCUT2D eigenvalue weighted by Gasteiger charge is -2.36. The van der Waals surface area contributed by atoms with Crippen LogP contribution in [-0.4, -0.2) is 47.9 Å². The van der Waals surface area contributed by atoms with E-state index in [0.29, 0.717) is 43.3 Å². The summed E-state index contributed by atoms with van der Waals surface area (Å²) >= 11 is 6.06. The molecule has 1 aliphatic heterocycles. The lowest BCUT2D eigenvalue weighted by Crippen LogP contribution is -2.51. The molecule has 22 heavy (non-hydrogen) atoms. The first-order valence-electron chi connectivity index (χ1n) is 7.59. The summed E-state index contributed by atoms with van der Waals surface area (Å²) in [6.07, 6.45) is 0. The largest absolute Gasteiger partial charge is 0.340 e. The van der Waals surface area contributed by atoms with Gasteiger partial charge in [0.25, 0.3) is 0 Å². The number of halogens is 2. The minimum Gasteiger partial charge on any atom is -0.340 e. The van der Waals surface area contributed by atoms with Crippen LogP contribution in [0.25, 0.3) is 0 Å². The standard InChI is InChI=1S/C16H23ClFN3O/c1-11(12(2)19)16(22)21-8-6-20(7-9-21)10-13-14(17)4-3-5-15(13)18/h3-5,11-12H,6-10,19H2,1-2H3. The Morgan fingerprint density at radius 1 is 1.32 bits per heavy atom. The predicted octanol–water partition coefficient (Wildman–Crippen LogP) is 2.11. The van der Waals surface area contributed by atoms with E-state index in [4.69, 9.17) is 17.3 Å². The van der Waals surface area contributed by atoms with Crippen LogP contribution in [0.5, 0.6) is 0 Å². The molecule has 0 bridgehead atoms. The smallest absolute Gasteiger partial charge is 0.227 e. The van der Waals surface area contributed by atoms with Crippen molar-refractivity contribution in [3.8, 4) is 0 Å². The number of benzene rings is 1. The molecular weight excluding hydrogens is 305 g/mol. The van der Waals surface area contributed by atoms with E-state index in [1.54, 1.807) is 12.1 Å². The molecule has 0 radical (unpaired) electrons. The zero-order valence-electron chi connectivity index (χ0n) is 13.1. The number of hydrogen-bond donors (Lipinski definition) is 1. The van der Waals surface area contributed by atoms with Crippen LogP contribution in [0.15, 0.2) is 18.2 Å². The van der Waals surface area contributed by atoms with E-state index in [9.17, 15) is 9.18 Å². The Labute approximate surface area is 136 Å². The van der Waals surface area contributed by atoms with Crippen LogP contribution in [-0.2, 0) is 11.3 Å². The second-order valence-electron chi connectivity index (χ2n) is 5.95. The van der Waals surface area contributed by atoms with Gasteiger partial charge in [-0.25, -0.2) is 4.39 Å². The van der Waals surface area contributed by atoms with Gasteiger partial charge in [0.15, 0.2) is 0 Å². The van der Waals surface area contributed by atoms with E-state index in [1.807, 2.05) is 18.7 Å². The van der Waals surface area contributed by atoms with E-state index in [2.05, 4.69) is 4.90 Å². The molecule has 2 unspecified atom stereocenters. The number of nitrogens with two attached hydrogens (primary N) is 1. The quantitative estimate of drug-likeness (QED) is 0.921. The van der Waals surface area contributed by atoms with Crippen LogP contribution in [0.1, 0.15) is 19.4 Å². The zero-order chi connectivity index (χ0) is 16.3. The van der Waals surface area contributed by atoms with Crippen molar-refractivity contribution in [3.63, 3.8) is 0 Å². The van der Waals surface area contributed by atoms with Crippen LogP contribution < -0.4 is 5.73 Å². The highest BCUT2D eigenvalue weighted by Gasteiger charge is 2.27. The second-order valence-corrected chi connectivity index (χ2v) is 6.36. The van der Waals surface area contributed by atoms with E-state index < -0.39 is 0 Å². The Bertz CT molecular complexity index is 510. The molecule has 122 valence electrons. The first-order chi connectivity index (χ1) is 10.4. The van der Waals surface area contributed by atoms with E-state index in [-0.39, 0.29) is 23.7 Å². The van der Waals surface area contributed by atoms with Crippen molar-refractivity contribution < 1.29 is 9.18 Å². The molecule has 1 aliphatic rings. The summed E-state index contributed by atoms with van der Waals surface area (Å²) in [4.78, 5) is 16.2. The summed E-state index contributed by atoms with van der Waals surface area (Å²) in [7, 11) is 0. The second kappa shape index (κ2) is 7.40. The molecule has 0 aromatic heterocycles. The first-order valence-corrected chi connectivity index (χ1v) is 7.97. The van der Waals surface area contributed by atoms with Crippen molar-refractivity contribution >= 4 is 17.5 Å². The molecule has 0 spiro atoms. The van der Waals surface area contributed by atoms with Gasteiger partial charge in [0.1, 0.15) is 5.82 Å². The van der Waals surface area contributed by atoms with Crippen molar-refractivity contribution in [2.75, 3.05) is 26.2 Å². The molecule has 2 atom stereocenters. The molecule has 1 amide bonds. The Morgan fingerprint density at radius 2 is 1.95 bits per heavy atom. The molecule has 1 saturated heterocycles. The van der Waals surface area contributed by atoms with Gasteiger partial charge in [-0.3, -0.25) is 9.69 Å². The fraction of sp³-hybridized carbons (Fsp3) is 0.562. The summed E-state index contributed by atoms with van der Waals surface area (Å²) in [6, 6.07) is 4.57. The third-order valence-electron chi connectivity index (χ3n) is 4.31. The van der Waals surface area contributed by atoms with Crippen molar-refractivity contribution in [3.05, 3.63) is 34.6 Å². The average molecular weight is 328 g/mol. The van der Waals surface area contributed by atoms with Gasteiger partial charge in [0.2, 0.25) is 5.91 Å². The lowest BCUT2D eigenvalue weighted by atomic mass is 10.0. The predicted molar refractivity (Wildman–Crippen MR) is 86.1 cm³/mol. The van der Waals surface area contributed by atoms with Gasteiger partial charge in [-0.1, -0.05) is 24.6 Å². The summed E-state index contributed by atoms with van der Waals surface area (Å²) in [6.45, 7) is 6.88. The van der Waals surface area contributed by atoms with Crippen LogP contribution in [0.4, 0.5) is 4.39 Å². The summed E-state index contributed by atoms with van der Waals surface area (Å²) in [5, 5.41) is 0.448. The number of rotatable bonds is 4. The Morgan fingerprint density at radius 3 is 2.50 bits per heavy atom. The number of hydrogen-bond acceptors (Lipinski definition) is 3. The number of piperazine rings is 1. The van der Waals surface area contributed by atoms with Crippen molar-refractivity contribution in [2.45, 2.75) is 26.4 Å². The maximum Gasteiger partial charge on any atom is 0.227 e. The monoisotopic (exact) mass is 327 g/mol. The van der Waals surface area contributed by atoms with Crippen LogP contribution in [0.3, 0.4) is 0 Å². The van der Waals surface area contributed by atoms with Crippen molar-refractivity contribution in [1.29, 1.82) is 0 Å². The minimum absolute atomic E-state index is 0.0959. The molecule has 1 aromatic carbocycles. The van der Waals surface area contributed by atoms with Crippen LogP contribution in [0.2, 0.25) is 5.02 Å². The molecule has 4 nitrogen and oxygen atoms in total. The Balaban J connectivity index is 1.91. The summed E-state index contributed by atoms with van der Waals surface area (Å²) in [5.74, 6) is -0.359. The van der Waals surface area contributed by atoms with Gasteiger partial charge < -0.3 is 10.6 Å². The van der Waals surface area contributed by atoms with Gasteiger partial charge >= 0.3 is 0 Å². The van der Waals surface area contributed by atoms with E-state index >= 15 is 0 Å². The highest BCUT2D eigenvalue weighted by molar-refractivity contribution is 6.31. The van der Waals surface area contributed by atoms with Crippen LogP contribution >= 0.6 is 11.6 Å². The summed E-state index contributed by atoms with van der Waals surface area (Å²) < 4.78 is 13.8. The molecular formula is C16H23ClFN3O. The maximum atomic E-state index is 13.8. The highest BCUT2D eigenvalue weighted by atomic mass is 35.5. The van der Waals surface area contributed by atoms with Crippen molar-refractivity contribution in [1.82, 2.24) is 9.80 Å². The first kappa shape index (κ1) is 17.2. The molecule has 2 rings (SSSR count). The molecule has 0 aliphatic carbocycles. The van der Waals surface area contributed by atoms with Gasteiger partial charge in [0, 0.05) is 49.4 Å². The van der Waals surface area contributed by atoms with E-state index in [1.165, 1.54) is 6.07 Å². The fourth-order valence-electron chi connectivity index (χ4n) is 2.55. The average Bonchev–Trinajstić information content (AvgIpc) is 2.50. The number of carbonyl (C=O) groups excluding carboxylic acids is 1. The van der Waals surface area contributed by atoms with Gasteiger partial charge in [0.05, 0.1) is 5.92 Å². The number of carbonyl (C=O) groups is 1. The molecule has 1 heterocycles. The molecule has 1 fully saturated rings. The van der Waals surface area contributed by atoms with Gasteiger partial charge in [-0.15, -0.1) is 0 Å². The zero-order valence-corrected chi connectivity index (χ0v) is 13.8. The topological polar surface area (TPSA) is 49.6 Å². The molecule has 6 heteroatoms. The summed E-state index contributed by atoms with van der Waals surface area (Å²) in [5.41, 5.74) is 6.31. The molecule has 2 N–H and O–H groups in total. The Kier molecular flexibility index (Phi) is 5.78. The Hall–Kier alpha value is -1.17. The van der Waals surface area contributed by atoms with Gasteiger partial charge in [-0.05, 0) is 19.1 Å². The fourth-order valence-corrected chi connectivity index (χ4v) is 2.77. The lowest BCUT2D eigenvalue weighted by molar-refractivity contribution is -0.137. The third kappa shape index (κ3) is 3.97. The normalized spacial score (nSPS) is 19.0. The number of nitrogens with zero attached hydrogens (tertiary/aromatic N) is 2. The molecule has 1 aromatic rings. The van der Waals surface area contributed by atoms with E-state index in [0.717, 1.165) is 0 Å². The highest BCUT2D eigenvalue weighted by Crippen LogP contribution is 2.21. The molecule has 0 saturated carbocycles. The van der Waals surface area contributed by atoms with Gasteiger partial charge in [-0.2, -0.15) is 0 Å². The van der Waals surface area contributed by atoms with Crippen LogP contribution in [0, 0.1) is 11.7 Å². The minimum atomic E-state index is -0.281. The van der Waals surface area contributed by atoms with Crippen molar-refractivity contribution in [2.24, 2.45) is 11.7 Å².